The summed E-state index contributed by atoms with van der Waals surface area (Å²) in [6.07, 6.45) is 8.21. The van der Waals surface area contributed by atoms with Gasteiger partial charge in [0.25, 0.3) is 0 Å². The highest BCUT2D eigenvalue weighted by Gasteiger charge is 2.44. The van der Waals surface area contributed by atoms with Gasteiger partial charge in [-0.3, -0.25) is 0 Å². The molecule has 2 aliphatic carbocycles. The van der Waals surface area contributed by atoms with Gasteiger partial charge in [0.05, 0.1) is 38.1 Å². The molecule has 1 saturated heterocycles. The Morgan fingerprint density at radius 2 is 1.80 bits per heavy atom. The Bertz CT molecular complexity index is 1560. The molecule has 2 saturated carbocycles. The largest absolute Gasteiger partial charge is 0.508 e. The van der Waals surface area contributed by atoms with Gasteiger partial charge in [0.1, 0.15) is 5.75 Å². The van der Waals surface area contributed by atoms with Gasteiger partial charge in [0.15, 0.2) is 11.5 Å². The lowest BCUT2D eigenvalue weighted by Gasteiger charge is -2.46. The molecule has 0 spiro atoms. The maximum Gasteiger partial charge on any atom is 0.201 e. The van der Waals surface area contributed by atoms with Crippen LogP contribution in [0.5, 0.6) is 23.0 Å². The van der Waals surface area contributed by atoms with Crippen LogP contribution in [0.3, 0.4) is 0 Å². The van der Waals surface area contributed by atoms with Crippen molar-refractivity contribution in [3.8, 4) is 23.0 Å². The van der Waals surface area contributed by atoms with Crippen molar-refractivity contribution in [1.29, 1.82) is 0 Å². The monoisotopic (exact) mass is 679 g/mol. The Kier molecular flexibility index (Phi) is 11.1. The number of aromatic hydroxyl groups is 3. The number of ether oxygens (including phenoxy) is 2. The topological polar surface area (TPSA) is 176 Å². The van der Waals surface area contributed by atoms with Crippen LogP contribution in [0.1, 0.15) is 116 Å². The predicted molar refractivity (Wildman–Crippen MR) is 184 cm³/mol. The smallest absolute Gasteiger partial charge is 0.201 e. The molecule has 6 rings (SSSR count). The number of nitrogens with one attached hydrogen (secondary N) is 1. The summed E-state index contributed by atoms with van der Waals surface area (Å²) in [4.78, 5) is 3.04. The number of hydrogen-bond acceptors (Lipinski definition) is 9. The van der Waals surface area contributed by atoms with Crippen LogP contribution < -0.4 is 4.74 Å². The first-order chi connectivity index (χ1) is 23.6. The molecule has 9 unspecified atom stereocenters. The van der Waals surface area contributed by atoms with Crippen molar-refractivity contribution in [3.05, 3.63) is 70.0 Å². The fourth-order valence-electron chi connectivity index (χ4n) is 9.20. The summed E-state index contributed by atoms with van der Waals surface area (Å²) >= 11 is 0. The SMILES string of the molecule is COc1c(O)c(O)c(CO)c(C2CC(O)C3CCC(c4ccc(O)c(C5CC(C)CCC5C(O)CCCO)c4)CC3O2)c1Cc1cc[nH]c1. The van der Waals surface area contributed by atoms with E-state index in [2.05, 4.69) is 18.0 Å². The molecule has 9 atom stereocenters. The van der Waals surface area contributed by atoms with Crippen molar-refractivity contribution in [3.63, 3.8) is 0 Å². The number of H-pyrrole nitrogens is 1. The van der Waals surface area contributed by atoms with E-state index in [1.54, 1.807) is 12.3 Å². The Labute approximate surface area is 288 Å². The third kappa shape index (κ3) is 7.17. The highest BCUT2D eigenvalue weighted by atomic mass is 16.5. The first-order valence-electron chi connectivity index (χ1n) is 18.0. The minimum atomic E-state index is -0.668. The van der Waals surface area contributed by atoms with Crippen LogP contribution in [-0.4, -0.2) is 72.8 Å². The van der Waals surface area contributed by atoms with Crippen molar-refractivity contribution in [1.82, 2.24) is 4.98 Å². The number of rotatable bonds is 11. The lowest BCUT2D eigenvalue weighted by Crippen LogP contribution is -2.44. The van der Waals surface area contributed by atoms with E-state index in [0.29, 0.717) is 42.7 Å². The first kappa shape index (κ1) is 35.5. The number of aliphatic hydroxyl groups is 4. The molecule has 0 bridgehead atoms. The van der Waals surface area contributed by atoms with E-state index in [4.69, 9.17) is 9.47 Å². The molecule has 0 radical (unpaired) electrons. The summed E-state index contributed by atoms with van der Waals surface area (Å²) < 4.78 is 12.4. The highest BCUT2D eigenvalue weighted by Crippen LogP contribution is 2.53. The maximum atomic E-state index is 11.5. The molecule has 2 heterocycles. The zero-order valence-corrected chi connectivity index (χ0v) is 28.6. The third-order valence-corrected chi connectivity index (χ3v) is 11.7. The van der Waals surface area contributed by atoms with E-state index in [0.717, 1.165) is 48.8 Å². The summed E-state index contributed by atoms with van der Waals surface area (Å²) in [5.41, 5.74) is 4.16. The molecule has 268 valence electrons. The van der Waals surface area contributed by atoms with Gasteiger partial charge in [-0.1, -0.05) is 25.5 Å². The molecular formula is C39H53NO9. The Balaban J connectivity index is 1.29. The van der Waals surface area contributed by atoms with Crippen LogP contribution >= 0.6 is 0 Å². The lowest BCUT2D eigenvalue weighted by atomic mass is 9.67. The molecule has 10 nitrogen and oxygen atoms in total. The minimum Gasteiger partial charge on any atom is -0.508 e. The van der Waals surface area contributed by atoms with Crippen LogP contribution in [0, 0.1) is 17.8 Å². The fraction of sp³-hybridized carbons (Fsp3) is 0.590. The number of phenols is 3. The van der Waals surface area contributed by atoms with Crippen molar-refractivity contribution in [2.75, 3.05) is 13.7 Å². The summed E-state index contributed by atoms with van der Waals surface area (Å²) in [6, 6.07) is 7.78. The third-order valence-electron chi connectivity index (χ3n) is 11.7. The minimum absolute atomic E-state index is 0.0112. The molecule has 1 aromatic heterocycles. The molecule has 2 aromatic carbocycles. The quantitative estimate of drug-likeness (QED) is 0.119. The summed E-state index contributed by atoms with van der Waals surface area (Å²) in [5.74, 6) is -0.00154. The molecule has 3 aliphatic rings. The van der Waals surface area contributed by atoms with Crippen LogP contribution in [0.2, 0.25) is 0 Å². The van der Waals surface area contributed by atoms with Crippen LogP contribution in [0.15, 0.2) is 36.7 Å². The second kappa shape index (κ2) is 15.3. The van der Waals surface area contributed by atoms with Gasteiger partial charge in [0, 0.05) is 48.9 Å². The average molecular weight is 680 g/mol. The molecule has 3 fully saturated rings. The van der Waals surface area contributed by atoms with Crippen molar-refractivity contribution in [2.24, 2.45) is 17.8 Å². The normalized spacial score (nSPS) is 29.3. The molecule has 1 aliphatic heterocycles. The second-order valence-corrected chi connectivity index (χ2v) is 14.7. The van der Waals surface area contributed by atoms with Crippen LogP contribution in [0.25, 0.3) is 0 Å². The number of aliphatic hydroxyl groups excluding tert-OH is 4. The van der Waals surface area contributed by atoms with Gasteiger partial charge in [-0.2, -0.15) is 0 Å². The number of phenolic OH excluding ortho intramolecular Hbond substituents is 2. The highest BCUT2D eigenvalue weighted by molar-refractivity contribution is 5.64. The maximum absolute atomic E-state index is 11.5. The van der Waals surface area contributed by atoms with Crippen LogP contribution in [0.4, 0.5) is 0 Å². The number of fused-ring (bicyclic) bond motifs is 1. The first-order valence-corrected chi connectivity index (χ1v) is 18.0. The predicted octanol–water partition coefficient (Wildman–Crippen LogP) is 5.65. The van der Waals surface area contributed by atoms with Gasteiger partial charge in [0.2, 0.25) is 5.75 Å². The van der Waals surface area contributed by atoms with Gasteiger partial charge < -0.3 is 50.2 Å². The summed E-state index contributed by atoms with van der Waals surface area (Å²) in [6.45, 7) is 1.74. The average Bonchev–Trinajstić information content (AvgIpc) is 3.62. The summed E-state index contributed by atoms with van der Waals surface area (Å²) in [7, 11) is 1.42. The van der Waals surface area contributed by atoms with Crippen molar-refractivity contribution in [2.45, 2.75) is 114 Å². The Hall–Kier alpha value is -3.28. The molecular weight excluding hydrogens is 626 g/mol. The van der Waals surface area contributed by atoms with E-state index in [9.17, 15) is 35.7 Å². The molecule has 10 heteroatoms. The van der Waals surface area contributed by atoms with E-state index < -0.39 is 36.4 Å². The zero-order chi connectivity index (χ0) is 34.8. The molecule has 49 heavy (non-hydrogen) atoms. The number of aromatic nitrogens is 1. The van der Waals surface area contributed by atoms with E-state index in [-0.39, 0.29) is 59.9 Å². The van der Waals surface area contributed by atoms with Crippen molar-refractivity contribution < 1.29 is 45.2 Å². The molecule has 0 amide bonds. The lowest BCUT2D eigenvalue weighted by molar-refractivity contribution is -0.154. The fourth-order valence-corrected chi connectivity index (χ4v) is 9.20. The number of aromatic amines is 1. The number of hydrogen-bond donors (Lipinski definition) is 8. The number of benzene rings is 2. The molecule has 3 aromatic rings. The van der Waals surface area contributed by atoms with Crippen LogP contribution in [-0.2, 0) is 17.8 Å². The van der Waals surface area contributed by atoms with E-state index in [1.807, 2.05) is 18.3 Å². The van der Waals surface area contributed by atoms with Gasteiger partial charge in [-0.25, -0.2) is 0 Å². The molecule has 8 N–H and O–H groups in total. The van der Waals surface area contributed by atoms with Crippen molar-refractivity contribution >= 4 is 0 Å². The second-order valence-electron chi connectivity index (χ2n) is 14.7. The van der Waals surface area contributed by atoms with Gasteiger partial charge in [-0.15, -0.1) is 0 Å². The van der Waals surface area contributed by atoms with E-state index in [1.165, 1.54) is 7.11 Å². The number of methoxy groups -OCH3 is 1. The Morgan fingerprint density at radius 3 is 2.51 bits per heavy atom. The Morgan fingerprint density at radius 1 is 0.980 bits per heavy atom. The summed E-state index contributed by atoms with van der Waals surface area (Å²) in [5, 5.41) is 75.4. The standard InChI is InChI=1S/C39H53NO9/c1-21-5-8-25(31(43)4-3-13-41)27(14-21)28-16-23(7-10-32(28)44)24-6-9-26-33(45)18-35(49-34(26)17-24)36-29(15-22-11-12-40-19-22)39(48-2)38(47)37(46)30(36)20-42/h7,10-12,16,19,21,24-27,31,33-35,40-47H,3-6,8-9,13-15,17-18,20H2,1-2H3. The van der Waals surface area contributed by atoms with Gasteiger partial charge >= 0.3 is 0 Å². The zero-order valence-electron chi connectivity index (χ0n) is 28.6. The van der Waals surface area contributed by atoms with E-state index >= 15 is 0 Å². The van der Waals surface area contributed by atoms with Gasteiger partial charge in [-0.05, 0) is 103 Å².